The van der Waals surface area contributed by atoms with E-state index in [1.54, 1.807) is 30.3 Å². The van der Waals surface area contributed by atoms with Crippen molar-refractivity contribution in [3.63, 3.8) is 0 Å². The lowest BCUT2D eigenvalue weighted by atomic mass is 9.95. The van der Waals surface area contributed by atoms with Gasteiger partial charge >= 0.3 is 11.9 Å². The van der Waals surface area contributed by atoms with Crippen LogP contribution < -0.4 is 9.64 Å². The van der Waals surface area contributed by atoms with E-state index in [1.165, 1.54) is 54.7 Å². The SMILES string of the molecule is COC(=O)c1ccc(C2C(=C(O)c3ccc(F)cc3)C(=O)C(=O)N2c2nc3ccc(OC)cc3s2)cc1. The minimum absolute atomic E-state index is 0.171. The molecule has 0 saturated carbocycles. The van der Waals surface area contributed by atoms with E-state index in [-0.39, 0.29) is 21.8 Å². The van der Waals surface area contributed by atoms with Crippen molar-refractivity contribution in [3.05, 3.63) is 94.8 Å². The molecule has 3 aromatic carbocycles. The Morgan fingerprint density at radius 1 is 1.00 bits per heavy atom. The van der Waals surface area contributed by atoms with E-state index in [1.807, 2.05) is 0 Å². The number of aromatic nitrogens is 1. The number of nitrogens with zero attached hydrogens (tertiary/aromatic N) is 2. The standard InChI is InChI=1S/C27H19FN2O6S/c1-35-18-11-12-19-20(13-18)37-27(29-19)30-22(14-3-5-16(6-4-14)26(34)36-2)21(24(32)25(30)33)23(31)15-7-9-17(28)10-8-15/h3-13,22,31H,1-2H3. The van der Waals surface area contributed by atoms with Crippen LogP contribution in [0.25, 0.3) is 16.0 Å². The number of benzene rings is 3. The smallest absolute Gasteiger partial charge is 0.337 e. The molecule has 1 saturated heterocycles. The molecule has 10 heteroatoms. The fraction of sp³-hybridized carbons (Fsp3) is 0.111. The van der Waals surface area contributed by atoms with Gasteiger partial charge in [-0.05, 0) is 60.2 Å². The summed E-state index contributed by atoms with van der Waals surface area (Å²) in [7, 11) is 2.80. The summed E-state index contributed by atoms with van der Waals surface area (Å²) in [5, 5.41) is 11.4. The summed E-state index contributed by atoms with van der Waals surface area (Å²) in [4.78, 5) is 44.4. The Bertz CT molecular complexity index is 1580. The van der Waals surface area contributed by atoms with E-state index in [2.05, 4.69) is 4.98 Å². The molecule has 0 radical (unpaired) electrons. The van der Waals surface area contributed by atoms with Crippen LogP contribution in [0.5, 0.6) is 5.75 Å². The van der Waals surface area contributed by atoms with Crippen LogP contribution in [0.4, 0.5) is 9.52 Å². The van der Waals surface area contributed by atoms with E-state index >= 15 is 0 Å². The molecule has 1 N–H and O–H groups in total. The number of methoxy groups -OCH3 is 2. The van der Waals surface area contributed by atoms with Gasteiger partial charge in [-0.15, -0.1) is 0 Å². The van der Waals surface area contributed by atoms with E-state index in [0.717, 1.165) is 16.8 Å². The van der Waals surface area contributed by atoms with E-state index in [4.69, 9.17) is 9.47 Å². The van der Waals surface area contributed by atoms with Gasteiger partial charge in [0.2, 0.25) is 0 Å². The van der Waals surface area contributed by atoms with Gasteiger partial charge in [-0.3, -0.25) is 14.5 Å². The number of thiazole rings is 1. The molecule has 0 spiro atoms. The van der Waals surface area contributed by atoms with Crippen molar-refractivity contribution in [1.29, 1.82) is 0 Å². The number of ether oxygens (including phenoxy) is 2. The molecule has 4 aromatic rings. The molecule has 1 unspecified atom stereocenters. The van der Waals surface area contributed by atoms with Gasteiger partial charge in [0.05, 0.1) is 41.6 Å². The summed E-state index contributed by atoms with van der Waals surface area (Å²) in [6, 6.07) is 15.3. The van der Waals surface area contributed by atoms with Crippen LogP contribution in [-0.4, -0.2) is 42.0 Å². The van der Waals surface area contributed by atoms with Crippen LogP contribution in [0.3, 0.4) is 0 Å². The largest absolute Gasteiger partial charge is 0.507 e. The van der Waals surface area contributed by atoms with Crippen LogP contribution in [0.2, 0.25) is 0 Å². The third-order valence-corrected chi connectivity index (χ3v) is 7.02. The number of carbonyl (C=O) groups excluding carboxylic acids is 3. The van der Waals surface area contributed by atoms with Crippen molar-refractivity contribution in [2.45, 2.75) is 6.04 Å². The fourth-order valence-electron chi connectivity index (χ4n) is 4.15. The number of aliphatic hydroxyl groups excluding tert-OH is 1. The molecule has 0 bridgehead atoms. The molecule has 1 aliphatic heterocycles. The second-order valence-corrected chi connectivity index (χ2v) is 9.13. The molecule has 1 aromatic heterocycles. The first kappa shape index (κ1) is 24.1. The van der Waals surface area contributed by atoms with Crippen LogP contribution >= 0.6 is 11.3 Å². The Balaban J connectivity index is 1.70. The molecule has 2 heterocycles. The molecule has 1 amide bonds. The lowest BCUT2D eigenvalue weighted by Crippen LogP contribution is -2.29. The predicted octanol–water partition coefficient (Wildman–Crippen LogP) is 4.86. The lowest BCUT2D eigenvalue weighted by Gasteiger charge is -2.23. The number of rotatable bonds is 5. The highest BCUT2D eigenvalue weighted by atomic mass is 32.1. The van der Waals surface area contributed by atoms with Gasteiger partial charge < -0.3 is 14.6 Å². The number of halogens is 1. The minimum atomic E-state index is -1.06. The first-order valence-electron chi connectivity index (χ1n) is 11.0. The Kier molecular flexibility index (Phi) is 6.18. The Labute approximate surface area is 214 Å². The molecule has 0 aliphatic carbocycles. The van der Waals surface area contributed by atoms with Crippen molar-refractivity contribution >= 4 is 50.1 Å². The number of amides is 1. The maximum atomic E-state index is 13.5. The number of aliphatic hydroxyl groups is 1. The maximum Gasteiger partial charge on any atom is 0.337 e. The second-order valence-electron chi connectivity index (χ2n) is 8.12. The monoisotopic (exact) mass is 518 g/mol. The zero-order valence-electron chi connectivity index (χ0n) is 19.6. The van der Waals surface area contributed by atoms with Crippen LogP contribution in [0.1, 0.15) is 27.5 Å². The summed E-state index contributed by atoms with van der Waals surface area (Å²) < 4.78 is 24.2. The Morgan fingerprint density at radius 3 is 2.32 bits per heavy atom. The number of hydrogen-bond donors (Lipinski definition) is 1. The first-order chi connectivity index (χ1) is 17.8. The second kappa shape index (κ2) is 9.47. The van der Waals surface area contributed by atoms with Gasteiger partial charge in [-0.2, -0.15) is 0 Å². The first-order valence-corrected chi connectivity index (χ1v) is 11.8. The summed E-state index contributed by atoms with van der Waals surface area (Å²) in [6.07, 6.45) is 0. The zero-order valence-corrected chi connectivity index (χ0v) is 20.4. The number of anilines is 1. The normalized spacial score (nSPS) is 16.8. The summed E-state index contributed by atoms with van der Waals surface area (Å²) in [5.74, 6) is -2.71. The molecule has 1 fully saturated rings. The quantitative estimate of drug-likeness (QED) is 0.174. The van der Waals surface area contributed by atoms with Gasteiger partial charge in [-0.25, -0.2) is 14.2 Å². The molecular formula is C27H19FN2O6S. The number of carbonyl (C=O) groups is 3. The molecule has 1 atom stereocenters. The van der Waals surface area contributed by atoms with Crippen molar-refractivity contribution < 1.29 is 33.4 Å². The Morgan fingerprint density at radius 2 is 1.68 bits per heavy atom. The van der Waals surface area contributed by atoms with Crippen molar-refractivity contribution in [2.75, 3.05) is 19.1 Å². The third-order valence-electron chi connectivity index (χ3n) is 6.00. The van der Waals surface area contributed by atoms with E-state index in [0.29, 0.717) is 16.8 Å². The van der Waals surface area contributed by atoms with Crippen LogP contribution in [0, 0.1) is 5.82 Å². The van der Waals surface area contributed by atoms with Crippen molar-refractivity contribution in [2.24, 2.45) is 0 Å². The predicted molar refractivity (Wildman–Crippen MR) is 135 cm³/mol. The third kappa shape index (κ3) is 4.21. The summed E-state index contributed by atoms with van der Waals surface area (Å²) >= 11 is 1.19. The summed E-state index contributed by atoms with van der Waals surface area (Å²) in [6.45, 7) is 0. The molecule has 5 rings (SSSR count). The zero-order chi connectivity index (χ0) is 26.3. The number of fused-ring (bicyclic) bond motifs is 1. The number of ketones is 1. The highest BCUT2D eigenvalue weighted by molar-refractivity contribution is 7.22. The maximum absolute atomic E-state index is 13.5. The molecule has 186 valence electrons. The van der Waals surface area contributed by atoms with Gasteiger partial charge in [0.1, 0.15) is 17.3 Å². The van der Waals surface area contributed by atoms with Crippen LogP contribution in [0.15, 0.2) is 72.3 Å². The Hall–Kier alpha value is -4.57. The van der Waals surface area contributed by atoms with Crippen LogP contribution in [-0.2, 0) is 14.3 Å². The average Bonchev–Trinajstić information content (AvgIpc) is 3.45. The van der Waals surface area contributed by atoms with E-state index in [9.17, 15) is 23.9 Å². The average molecular weight is 519 g/mol. The fourth-order valence-corrected chi connectivity index (χ4v) is 5.17. The van der Waals surface area contributed by atoms with Gasteiger partial charge in [0, 0.05) is 5.56 Å². The molecular weight excluding hydrogens is 499 g/mol. The van der Waals surface area contributed by atoms with E-state index < -0.39 is 35.3 Å². The summed E-state index contributed by atoms with van der Waals surface area (Å²) in [5.41, 5.74) is 1.31. The van der Waals surface area contributed by atoms with Crippen molar-refractivity contribution in [1.82, 2.24) is 4.98 Å². The van der Waals surface area contributed by atoms with Gasteiger partial charge in [-0.1, -0.05) is 23.5 Å². The van der Waals surface area contributed by atoms with Gasteiger partial charge in [0.15, 0.2) is 5.13 Å². The molecule has 8 nitrogen and oxygen atoms in total. The number of hydrogen-bond acceptors (Lipinski definition) is 8. The molecule has 1 aliphatic rings. The van der Waals surface area contributed by atoms with Crippen molar-refractivity contribution in [3.8, 4) is 5.75 Å². The lowest BCUT2D eigenvalue weighted by molar-refractivity contribution is -0.132. The number of Topliss-reactive ketones (excluding diaryl/α,β-unsaturated/α-hetero) is 1. The van der Waals surface area contributed by atoms with Gasteiger partial charge in [0.25, 0.3) is 5.78 Å². The molecule has 37 heavy (non-hydrogen) atoms. The highest BCUT2D eigenvalue weighted by Gasteiger charge is 2.48. The topological polar surface area (TPSA) is 106 Å². The highest BCUT2D eigenvalue weighted by Crippen LogP contribution is 2.44. The minimum Gasteiger partial charge on any atom is -0.507 e. The number of esters is 1.